The number of anilines is 1. The van der Waals surface area contributed by atoms with E-state index < -0.39 is 10.0 Å². The van der Waals surface area contributed by atoms with E-state index in [1.165, 1.54) is 13.3 Å². The lowest BCUT2D eigenvalue weighted by molar-refractivity contribution is 0.396. The molecule has 18 heavy (non-hydrogen) atoms. The van der Waals surface area contributed by atoms with Crippen LogP contribution in [-0.4, -0.2) is 31.1 Å². The molecule has 1 aliphatic heterocycles. The van der Waals surface area contributed by atoms with E-state index in [9.17, 15) is 8.42 Å². The van der Waals surface area contributed by atoms with Crippen LogP contribution in [0, 0.1) is 6.92 Å². The fraction of sp³-hybridized carbons (Fsp3) is 0.700. The molecule has 0 radical (unpaired) electrons. The molecule has 1 aromatic heterocycles. The molecular formula is C10H17N3O3S2. The predicted molar refractivity (Wildman–Crippen MR) is 70.9 cm³/mol. The fourth-order valence-corrected chi connectivity index (χ4v) is 4.59. The number of hydrogen-bond donors (Lipinski definition) is 2. The van der Waals surface area contributed by atoms with Crippen LogP contribution in [0.4, 0.5) is 5.82 Å². The zero-order valence-corrected chi connectivity index (χ0v) is 11.8. The van der Waals surface area contributed by atoms with Gasteiger partial charge in [0.2, 0.25) is 10.0 Å². The van der Waals surface area contributed by atoms with Crippen LogP contribution in [0.3, 0.4) is 0 Å². The standard InChI is InChI=1S/C10H17N3O3S2/c1-7-9(10(11)13-16-7)18(14,15)12-6-8-4-2-3-5-17-8/h8,12H,2-6H2,1H3,(H2,11,13)/t8-/m1/s1. The van der Waals surface area contributed by atoms with Crippen LogP contribution in [0.25, 0.3) is 0 Å². The van der Waals surface area contributed by atoms with E-state index in [0.717, 1.165) is 18.6 Å². The highest BCUT2D eigenvalue weighted by Gasteiger charge is 2.26. The molecule has 1 atom stereocenters. The van der Waals surface area contributed by atoms with Gasteiger partial charge in [-0.25, -0.2) is 13.1 Å². The SMILES string of the molecule is Cc1onc(N)c1S(=O)(=O)NC[C@H]1CCCCS1. The molecule has 0 spiro atoms. The van der Waals surface area contributed by atoms with Gasteiger partial charge in [0.25, 0.3) is 0 Å². The van der Waals surface area contributed by atoms with Gasteiger partial charge < -0.3 is 10.3 Å². The lowest BCUT2D eigenvalue weighted by atomic mass is 10.2. The van der Waals surface area contributed by atoms with Crippen molar-refractivity contribution in [2.45, 2.75) is 36.3 Å². The van der Waals surface area contributed by atoms with Crippen molar-refractivity contribution in [1.29, 1.82) is 0 Å². The quantitative estimate of drug-likeness (QED) is 0.863. The first-order valence-electron chi connectivity index (χ1n) is 5.83. The number of aryl methyl sites for hydroxylation is 1. The number of nitrogens with two attached hydrogens (primary N) is 1. The van der Waals surface area contributed by atoms with Gasteiger partial charge in [-0.3, -0.25) is 0 Å². The Kier molecular flexibility index (Phi) is 4.18. The first-order valence-corrected chi connectivity index (χ1v) is 8.37. The Hall–Kier alpha value is -0.730. The average molecular weight is 291 g/mol. The van der Waals surface area contributed by atoms with Gasteiger partial charge >= 0.3 is 0 Å². The summed E-state index contributed by atoms with van der Waals surface area (Å²) in [6.07, 6.45) is 3.42. The third kappa shape index (κ3) is 2.99. The van der Waals surface area contributed by atoms with Crippen molar-refractivity contribution >= 4 is 27.6 Å². The molecule has 1 aliphatic rings. The number of thioether (sulfide) groups is 1. The molecular weight excluding hydrogens is 274 g/mol. The van der Waals surface area contributed by atoms with E-state index in [0.29, 0.717) is 11.8 Å². The van der Waals surface area contributed by atoms with E-state index in [1.807, 2.05) is 11.8 Å². The van der Waals surface area contributed by atoms with E-state index in [1.54, 1.807) is 0 Å². The van der Waals surface area contributed by atoms with Crippen molar-refractivity contribution in [1.82, 2.24) is 9.88 Å². The molecule has 0 amide bonds. The second-order valence-corrected chi connectivity index (χ2v) is 7.41. The molecule has 1 saturated heterocycles. The third-order valence-corrected chi connectivity index (χ3v) is 5.86. The van der Waals surface area contributed by atoms with Crippen molar-refractivity contribution in [2.75, 3.05) is 18.0 Å². The summed E-state index contributed by atoms with van der Waals surface area (Å²) in [7, 11) is -3.62. The van der Waals surface area contributed by atoms with Gasteiger partial charge in [-0.2, -0.15) is 11.8 Å². The number of sulfonamides is 1. The molecule has 0 saturated carbocycles. The number of nitrogens with zero attached hydrogens (tertiary/aromatic N) is 1. The van der Waals surface area contributed by atoms with Crippen LogP contribution in [-0.2, 0) is 10.0 Å². The minimum atomic E-state index is -3.62. The normalized spacial score (nSPS) is 21.1. The van der Waals surface area contributed by atoms with Gasteiger partial charge in [0.1, 0.15) is 0 Å². The smallest absolute Gasteiger partial charge is 0.247 e. The zero-order chi connectivity index (χ0) is 13.2. The minimum Gasteiger partial charge on any atom is -0.380 e. The lowest BCUT2D eigenvalue weighted by Crippen LogP contribution is -2.32. The molecule has 1 fully saturated rings. The molecule has 2 rings (SSSR count). The van der Waals surface area contributed by atoms with Crippen LogP contribution in [0.5, 0.6) is 0 Å². The van der Waals surface area contributed by atoms with Gasteiger partial charge in [-0.15, -0.1) is 0 Å². The van der Waals surface area contributed by atoms with Crippen LogP contribution >= 0.6 is 11.8 Å². The predicted octanol–water partition coefficient (Wildman–Crippen LogP) is 1.13. The van der Waals surface area contributed by atoms with E-state index >= 15 is 0 Å². The van der Waals surface area contributed by atoms with Crippen LogP contribution in [0.2, 0.25) is 0 Å². The van der Waals surface area contributed by atoms with Crippen molar-refractivity contribution in [3.63, 3.8) is 0 Å². The maximum absolute atomic E-state index is 12.1. The summed E-state index contributed by atoms with van der Waals surface area (Å²) in [5.74, 6) is 1.23. The van der Waals surface area contributed by atoms with Gasteiger partial charge in [0.15, 0.2) is 16.5 Å². The van der Waals surface area contributed by atoms with Crippen molar-refractivity contribution in [3.8, 4) is 0 Å². The highest BCUT2D eigenvalue weighted by Crippen LogP contribution is 2.26. The van der Waals surface area contributed by atoms with Crippen LogP contribution in [0.1, 0.15) is 25.0 Å². The topological polar surface area (TPSA) is 98.2 Å². The van der Waals surface area contributed by atoms with Gasteiger partial charge in [0, 0.05) is 11.8 Å². The summed E-state index contributed by atoms with van der Waals surface area (Å²) in [5.41, 5.74) is 5.51. The van der Waals surface area contributed by atoms with E-state index in [2.05, 4.69) is 9.88 Å². The molecule has 102 valence electrons. The Morgan fingerprint density at radius 1 is 1.56 bits per heavy atom. The lowest BCUT2D eigenvalue weighted by Gasteiger charge is -2.21. The monoisotopic (exact) mass is 291 g/mol. The number of nitrogen functional groups attached to an aromatic ring is 1. The molecule has 8 heteroatoms. The number of rotatable bonds is 4. The zero-order valence-electron chi connectivity index (χ0n) is 10.2. The van der Waals surface area contributed by atoms with Gasteiger partial charge in [0.05, 0.1) is 0 Å². The number of hydrogen-bond acceptors (Lipinski definition) is 6. The molecule has 1 aromatic rings. The van der Waals surface area contributed by atoms with E-state index in [4.69, 9.17) is 10.3 Å². The molecule has 6 nitrogen and oxygen atoms in total. The Bertz CT molecular complexity index is 487. The molecule has 3 N–H and O–H groups in total. The summed E-state index contributed by atoms with van der Waals surface area (Å²) < 4.78 is 31.5. The van der Waals surface area contributed by atoms with Gasteiger partial charge in [-0.1, -0.05) is 11.6 Å². The van der Waals surface area contributed by atoms with Crippen LogP contribution in [0.15, 0.2) is 9.42 Å². The van der Waals surface area contributed by atoms with Gasteiger partial charge in [-0.05, 0) is 25.5 Å². The fourth-order valence-electron chi connectivity index (χ4n) is 1.95. The maximum Gasteiger partial charge on any atom is 0.247 e. The summed E-state index contributed by atoms with van der Waals surface area (Å²) >= 11 is 1.81. The highest BCUT2D eigenvalue weighted by atomic mass is 32.2. The largest absolute Gasteiger partial charge is 0.380 e. The molecule has 0 aromatic carbocycles. The van der Waals surface area contributed by atoms with Crippen molar-refractivity contribution < 1.29 is 12.9 Å². The number of aromatic nitrogens is 1. The molecule has 0 aliphatic carbocycles. The number of nitrogens with one attached hydrogen (secondary N) is 1. The molecule has 2 heterocycles. The maximum atomic E-state index is 12.1. The first-order chi connectivity index (χ1) is 8.50. The summed E-state index contributed by atoms with van der Waals surface area (Å²) in [6, 6.07) is 0. The second-order valence-electron chi connectivity index (χ2n) is 4.29. The Labute approximate surface area is 111 Å². The minimum absolute atomic E-state index is 0.0386. The molecule has 0 unspecified atom stereocenters. The average Bonchev–Trinajstić information content (AvgIpc) is 2.69. The van der Waals surface area contributed by atoms with E-state index in [-0.39, 0.29) is 16.5 Å². The molecule has 0 bridgehead atoms. The van der Waals surface area contributed by atoms with Crippen molar-refractivity contribution in [2.24, 2.45) is 0 Å². The summed E-state index contributed by atoms with van der Waals surface area (Å²) in [4.78, 5) is -0.0386. The Balaban J connectivity index is 2.03. The van der Waals surface area contributed by atoms with Crippen molar-refractivity contribution in [3.05, 3.63) is 5.76 Å². The second kappa shape index (κ2) is 5.50. The first kappa shape index (κ1) is 13.7. The summed E-state index contributed by atoms with van der Waals surface area (Å²) in [5, 5.41) is 3.80. The highest BCUT2D eigenvalue weighted by molar-refractivity contribution is 8.00. The third-order valence-electron chi connectivity index (χ3n) is 2.88. The Morgan fingerprint density at radius 3 is 2.89 bits per heavy atom. The van der Waals surface area contributed by atoms with Crippen LogP contribution < -0.4 is 10.5 Å². The summed E-state index contributed by atoms with van der Waals surface area (Å²) in [6.45, 7) is 1.96. The Morgan fingerprint density at radius 2 is 2.33 bits per heavy atom.